The summed E-state index contributed by atoms with van der Waals surface area (Å²) < 4.78 is 0. The first kappa shape index (κ1) is 13.2. The van der Waals surface area contributed by atoms with Crippen LogP contribution in [0.4, 0.5) is 0 Å². The number of hydrazine groups is 1. The van der Waals surface area contributed by atoms with Gasteiger partial charge in [-0.3, -0.25) is 11.3 Å². The molecule has 0 saturated carbocycles. The minimum Gasteiger partial charge on any atom is -0.271 e. The molecule has 0 aliphatic heterocycles. The highest BCUT2D eigenvalue weighted by atomic mass is 32.1. The maximum atomic E-state index is 5.72. The molecule has 1 aromatic heterocycles. The number of nitrogens with zero attached hydrogens (tertiary/aromatic N) is 1. The van der Waals surface area contributed by atoms with Gasteiger partial charge in [-0.05, 0) is 37.5 Å². The Labute approximate surface area is 112 Å². The van der Waals surface area contributed by atoms with Gasteiger partial charge in [0.15, 0.2) is 0 Å². The van der Waals surface area contributed by atoms with Crippen LogP contribution in [0.1, 0.15) is 33.4 Å². The third-order valence-corrected chi connectivity index (χ3v) is 3.99. The second kappa shape index (κ2) is 5.61. The molecule has 0 aliphatic rings. The highest BCUT2D eigenvalue weighted by Gasteiger charge is 2.16. The molecule has 0 fully saturated rings. The lowest BCUT2D eigenvalue weighted by molar-refractivity contribution is 0.542. The number of aromatic nitrogens is 1. The topological polar surface area (TPSA) is 50.9 Å². The zero-order valence-electron chi connectivity index (χ0n) is 11.0. The fourth-order valence-corrected chi connectivity index (χ4v) is 2.96. The molecule has 18 heavy (non-hydrogen) atoms. The van der Waals surface area contributed by atoms with Crippen LogP contribution in [0.3, 0.4) is 0 Å². The minimum absolute atomic E-state index is 0.118. The molecule has 0 saturated heterocycles. The van der Waals surface area contributed by atoms with E-state index in [0.717, 1.165) is 17.1 Å². The number of aryl methyl sites for hydroxylation is 3. The number of benzene rings is 1. The van der Waals surface area contributed by atoms with Crippen molar-refractivity contribution in [2.75, 3.05) is 0 Å². The number of nitrogens with two attached hydrogens (primary N) is 1. The third kappa shape index (κ3) is 2.77. The zero-order valence-corrected chi connectivity index (χ0v) is 11.8. The first-order valence-electron chi connectivity index (χ1n) is 6.05. The number of hydrogen-bond donors (Lipinski definition) is 2. The molecule has 0 aliphatic carbocycles. The van der Waals surface area contributed by atoms with E-state index in [1.165, 1.54) is 16.7 Å². The molecule has 3 N–H and O–H groups in total. The molecule has 1 heterocycles. The van der Waals surface area contributed by atoms with Gasteiger partial charge >= 0.3 is 0 Å². The van der Waals surface area contributed by atoms with Crippen molar-refractivity contribution >= 4 is 11.3 Å². The molecule has 2 aromatic rings. The van der Waals surface area contributed by atoms with Gasteiger partial charge in [0.25, 0.3) is 0 Å². The maximum Gasteiger partial charge on any atom is 0.0897 e. The van der Waals surface area contributed by atoms with E-state index in [4.69, 9.17) is 5.84 Å². The van der Waals surface area contributed by atoms with Crippen molar-refractivity contribution in [2.24, 2.45) is 5.84 Å². The van der Waals surface area contributed by atoms with E-state index in [1.807, 2.05) is 6.92 Å². The number of thiazole rings is 1. The zero-order chi connectivity index (χ0) is 13.1. The summed E-state index contributed by atoms with van der Waals surface area (Å²) in [5.41, 5.74) is 7.84. The average Bonchev–Trinajstić information content (AvgIpc) is 2.73. The van der Waals surface area contributed by atoms with Crippen LogP contribution in [0.25, 0.3) is 0 Å². The molecular weight excluding hydrogens is 242 g/mol. The second-order valence-corrected chi connectivity index (χ2v) is 5.65. The quantitative estimate of drug-likeness (QED) is 0.657. The van der Waals surface area contributed by atoms with E-state index in [2.05, 4.69) is 47.8 Å². The van der Waals surface area contributed by atoms with E-state index in [9.17, 15) is 0 Å². The largest absolute Gasteiger partial charge is 0.271 e. The molecular formula is C14H19N3S. The predicted molar refractivity (Wildman–Crippen MR) is 76.5 cm³/mol. The summed E-state index contributed by atoms with van der Waals surface area (Å²) in [5.74, 6) is 5.72. The molecule has 0 spiro atoms. The van der Waals surface area contributed by atoms with Crippen LogP contribution >= 0.6 is 11.3 Å². The highest BCUT2D eigenvalue weighted by Crippen LogP contribution is 2.25. The summed E-state index contributed by atoms with van der Waals surface area (Å²) in [6.07, 6.45) is 0.826. The van der Waals surface area contributed by atoms with E-state index in [1.54, 1.807) is 11.3 Å². The van der Waals surface area contributed by atoms with Gasteiger partial charge in [-0.1, -0.05) is 18.2 Å². The van der Waals surface area contributed by atoms with Crippen molar-refractivity contribution in [1.82, 2.24) is 10.4 Å². The molecule has 1 unspecified atom stereocenters. The van der Waals surface area contributed by atoms with Gasteiger partial charge in [0.05, 0.1) is 16.7 Å². The number of rotatable bonds is 4. The van der Waals surface area contributed by atoms with Crippen LogP contribution in [0.2, 0.25) is 0 Å². The Morgan fingerprint density at radius 3 is 2.44 bits per heavy atom. The van der Waals surface area contributed by atoms with Crippen LogP contribution in [0.5, 0.6) is 0 Å². The normalized spacial score (nSPS) is 12.7. The Kier molecular flexibility index (Phi) is 4.11. The second-order valence-electron chi connectivity index (χ2n) is 4.59. The predicted octanol–water partition coefficient (Wildman–Crippen LogP) is 2.82. The molecule has 0 radical (unpaired) electrons. The molecule has 96 valence electrons. The van der Waals surface area contributed by atoms with Crippen molar-refractivity contribution in [3.63, 3.8) is 0 Å². The van der Waals surface area contributed by atoms with E-state index < -0.39 is 0 Å². The smallest absolute Gasteiger partial charge is 0.0897 e. The molecule has 0 amide bonds. The van der Waals surface area contributed by atoms with Gasteiger partial charge in [0.2, 0.25) is 0 Å². The third-order valence-electron chi connectivity index (χ3n) is 3.17. The average molecular weight is 261 g/mol. The summed E-state index contributed by atoms with van der Waals surface area (Å²) in [6, 6.07) is 6.44. The standard InChI is InChI=1S/C14H19N3S/c1-9-5-4-6-10(2)14(9)13(17-15)7-12-8-18-11(3)16-12/h4-6,8,13,17H,7,15H2,1-3H3. The molecule has 1 atom stereocenters. The summed E-state index contributed by atoms with van der Waals surface area (Å²) in [6.45, 7) is 6.27. The number of hydrogen-bond acceptors (Lipinski definition) is 4. The van der Waals surface area contributed by atoms with Crippen molar-refractivity contribution in [3.8, 4) is 0 Å². The van der Waals surface area contributed by atoms with Gasteiger partial charge in [-0.15, -0.1) is 11.3 Å². The van der Waals surface area contributed by atoms with Crippen LogP contribution in [0.15, 0.2) is 23.6 Å². The number of nitrogens with one attached hydrogen (secondary N) is 1. The van der Waals surface area contributed by atoms with Gasteiger partial charge in [-0.2, -0.15) is 0 Å². The Morgan fingerprint density at radius 1 is 1.28 bits per heavy atom. The Morgan fingerprint density at radius 2 is 1.94 bits per heavy atom. The minimum atomic E-state index is 0.118. The molecule has 0 bridgehead atoms. The van der Waals surface area contributed by atoms with E-state index >= 15 is 0 Å². The molecule has 2 rings (SSSR count). The van der Waals surface area contributed by atoms with Crippen LogP contribution in [-0.2, 0) is 6.42 Å². The van der Waals surface area contributed by atoms with Crippen LogP contribution < -0.4 is 11.3 Å². The molecule has 4 heteroatoms. The van der Waals surface area contributed by atoms with Crippen molar-refractivity contribution in [2.45, 2.75) is 33.2 Å². The van der Waals surface area contributed by atoms with Crippen LogP contribution in [0, 0.1) is 20.8 Å². The molecule has 1 aromatic carbocycles. The summed E-state index contributed by atoms with van der Waals surface area (Å²) in [4.78, 5) is 4.51. The Hall–Kier alpha value is -1.23. The van der Waals surface area contributed by atoms with Crippen LogP contribution in [-0.4, -0.2) is 4.98 Å². The van der Waals surface area contributed by atoms with Gasteiger partial charge < -0.3 is 0 Å². The first-order valence-corrected chi connectivity index (χ1v) is 6.93. The Balaban J connectivity index is 2.28. The van der Waals surface area contributed by atoms with E-state index in [-0.39, 0.29) is 6.04 Å². The Bertz CT molecular complexity index is 513. The lowest BCUT2D eigenvalue weighted by Crippen LogP contribution is -2.30. The summed E-state index contributed by atoms with van der Waals surface area (Å²) in [7, 11) is 0. The summed E-state index contributed by atoms with van der Waals surface area (Å²) in [5, 5.41) is 3.20. The lowest BCUT2D eigenvalue weighted by atomic mass is 9.94. The molecule has 3 nitrogen and oxygen atoms in total. The van der Waals surface area contributed by atoms with Crippen molar-refractivity contribution in [3.05, 3.63) is 51.0 Å². The van der Waals surface area contributed by atoms with E-state index in [0.29, 0.717) is 0 Å². The monoisotopic (exact) mass is 261 g/mol. The maximum absolute atomic E-state index is 5.72. The van der Waals surface area contributed by atoms with Crippen molar-refractivity contribution in [1.29, 1.82) is 0 Å². The van der Waals surface area contributed by atoms with Gasteiger partial charge in [0, 0.05) is 11.8 Å². The van der Waals surface area contributed by atoms with Gasteiger partial charge in [0.1, 0.15) is 0 Å². The fraction of sp³-hybridized carbons (Fsp3) is 0.357. The first-order chi connectivity index (χ1) is 8.61. The SMILES string of the molecule is Cc1nc(CC(NN)c2c(C)cccc2C)cs1. The highest BCUT2D eigenvalue weighted by molar-refractivity contribution is 7.09. The van der Waals surface area contributed by atoms with Crippen molar-refractivity contribution < 1.29 is 0 Å². The van der Waals surface area contributed by atoms with Gasteiger partial charge in [-0.25, -0.2) is 4.98 Å². The lowest BCUT2D eigenvalue weighted by Gasteiger charge is -2.20. The summed E-state index contributed by atoms with van der Waals surface area (Å²) >= 11 is 1.68. The fourth-order valence-electron chi connectivity index (χ4n) is 2.33.